The lowest BCUT2D eigenvalue weighted by Crippen LogP contribution is -2.14. The first kappa shape index (κ1) is 21.3. The van der Waals surface area contributed by atoms with Crippen LogP contribution >= 0.6 is 11.6 Å². The molecule has 0 spiro atoms. The van der Waals surface area contributed by atoms with Crippen LogP contribution in [0, 0.1) is 0 Å². The first-order valence-electron chi connectivity index (χ1n) is 9.16. The van der Waals surface area contributed by atoms with Crippen molar-refractivity contribution in [3.8, 4) is 11.3 Å². The van der Waals surface area contributed by atoms with Gasteiger partial charge >= 0.3 is 0 Å². The Bertz CT molecular complexity index is 1400. The smallest absolute Gasteiger partial charge is 0.261 e. The van der Waals surface area contributed by atoms with Gasteiger partial charge in [-0.3, -0.25) is 14.5 Å². The van der Waals surface area contributed by atoms with Crippen molar-refractivity contribution in [2.75, 3.05) is 10.5 Å². The van der Waals surface area contributed by atoms with Gasteiger partial charge in [-0.25, -0.2) is 23.4 Å². The third-order valence-electron chi connectivity index (χ3n) is 4.37. The van der Waals surface area contributed by atoms with Crippen LogP contribution < -0.4 is 10.5 Å². The molecule has 9 nitrogen and oxygen atoms in total. The van der Waals surface area contributed by atoms with Gasteiger partial charge in [0.1, 0.15) is 0 Å². The second-order valence-electron chi connectivity index (χ2n) is 6.54. The number of nitrogen functional groups attached to an aromatic ring is 1. The number of nitrogens with zero attached hydrogens (tertiary/aromatic N) is 4. The van der Waals surface area contributed by atoms with Crippen molar-refractivity contribution < 1.29 is 13.2 Å². The zero-order valence-electron chi connectivity index (χ0n) is 16.3. The topological polar surface area (TPSA) is 141 Å². The Labute approximate surface area is 188 Å². The molecule has 4 rings (SSSR count). The number of carbonyl (C=O) groups is 1. The number of aromatic nitrogens is 4. The van der Waals surface area contributed by atoms with Crippen LogP contribution in [-0.4, -0.2) is 34.1 Å². The SMILES string of the molecule is Nc1ncc(-c2cnc(Cl)c(NS(=O)(=O)c3ccccc3)c2)nc1C(=O)c1cccnc1. The molecule has 11 heteroatoms. The van der Waals surface area contributed by atoms with Crippen LogP contribution in [0.3, 0.4) is 0 Å². The Hall–Kier alpha value is -3.89. The van der Waals surface area contributed by atoms with Gasteiger partial charge in [0.15, 0.2) is 16.7 Å². The van der Waals surface area contributed by atoms with E-state index in [1.54, 1.807) is 36.5 Å². The predicted octanol–water partition coefficient (Wildman–Crippen LogP) is 3.20. The average molecular weight is 467 g/mol. The maximum atomic E-state index is 12.8. The summed E-state index contributed by atoms with van der Waals surface area (Å²) in [5, 5.41) is -0.0525. The fourth-order valence-electron chi connectivity index (χ4n) is 2.80. The highest BCUT2D eigenvalue weighted by molar-refractivity contribution is 7.92. The standard InChI is InChI=1S/C21H15ClN6O3S/c22-20-16(28-32(30,31)15-6-2-1-3-7-15)9-14(11-25-20)17-12-26-21(23)18(27-17)19(29)13-5-4-8-24-10-13/h1-12,28H,(H2,23,26). The number of hydrogen-bond acceptors (Lipinski definition) is 8. The first-order chi connectivity index (χ1) is 15.3. The molecule has 160 valence electrons. The van der Waals surface area contributed by atoms with Crippen molar-refractivity contribution in [2.24, 2.45) is 0 Å². The molecule has 0 unspecified atom stereocenters. The summed E-state index contributed by atoms with van der Waals surface area (Å²) >= 11 is 6.11. The normalized spacial score (nSPS) is 11.2. The van der Waals surface area contributed by atoms with Crippen molar-refractivity contribution in [3.63, 3.8) is 0 Å². The first-order valence-corrected chi connectivity index (χ1v) is 11.0. The predicted molar refractivity (Wildman–Crippen MR) is 120 cm³/mol. The highest BCUT2D eigenvalue weighted by Crippen LogP contribution is 2.28. The van der Waals surface area contributed by atoms with Gasteiger partial charge in [-0.2, -0.15) is 0 Å². The number of ketones is 1. The summed E-state index contributed by atoms with van der Waals surface area (Å²) in [6, 6.07) is 12.5. The van der Waals surface area contributed by atoms with Gasteiger partial charge in [-0.1, -0.05) is 29.8 Å². The lowest BCUT2D eigenvalue weighted by atomic mass is 10.1. The molecular formula is C21H15ClN6O3S. The fourth-order valence-corrected chi connectivity index (χ4v) is 4.09. The fraction of sp³-hybridized carbons (Fsp3) is 0. The molecule has 0 aliphatic heterocycles. The molecule has 1 aromatic carbocycles. The van der Waals surface area contributed by atoms with Gasteiger partial charge in [-0.05, 0) is 30.3 Å². The van der Waals surface area contributed by atoms with Gasteiger partial charge in [-0.15, -0.1) is 0 Å². The Balaban J connectivity index is 1.70. The second-order valence-corrected chi connectivity index (χ2v) is 8.58. The largest absolute Gasteiger partial charge is 0.382 e. The van der Waals surface area contributed by atoms with E-state index in [9.17, 15) is 13.2 Å². The number of sulfonamides is 1. The van der Waals surface area contributed by atoms with Crippen molar-refractivity contribution in [1.29, 1.82) is 0 Å². The third kappa shape index (κ3) is 4.41. The van der Waals surface area contributed by atoms with E-state index in [1.165, 1.54) is 36.8 Å². The summed E-state index contributed by atoms with van der Waals surface area (Å²) in [4.78, 5) is 29.2. The maximum Gasteiger partial charge on any atom is 0.261 e. The molecule has 0 radical (unpaired) electrons. The molecule has 0 saturated heterocycles. The van der Waals surface area contributed by atoms with Crippen molar-refractivity contribution in [2.45, 2.75) is 4.90 Å². The number of benzene rings is 1. The number of hydrogen-bond donors (Lipinski definition) is 2. The molecule has 0 aliphatic rings. The van der Waals surface area contributed by atoms with E-state index >= 15 is 0 Å². The van der Waals surface area contributed by atoms with Crippen LogP contribution in [0.15, 0.2) is 78.2 Å². The molecule has 0 fully saturated rings. The van der Waals surface area contributed by atoms with E-state index in [2.05, 4.69) is 24.7 Å². The van der Waals surface area contributed by atoms with Gasteiger partial charge < -0.3 is 5.73 Å². The average Bonchev–Trinajstić information content (AvgIpc) is 2.81. The summed E-state index contributed by atoms with van der Waals surface area (Å²) < 4.78 is 27.7. The summed E-state index contributed by atoms with van der Waals surface area (Å²) in [5.74, 6) is -0.494. The quantitative estimate of drug-likeness (QED) is 0.326. The van der Waals surface area contributed by atoms with E-state index in [4.69, 9.17) is 17.3 Å². The van der Waals surface area contributed by atoms with E-state index in [1.807, 2.05) is 0 Å². The summed E-state index contributed by atoms with van der Waals surface area (Å²) in [6.07, 6.45) is 5.69. The maximum absolute atomic E-state index is 12.8. The summed E-state index contributed by atoms with van der Waals surface area (Å²) in [6.45, 7) is 0. The molecular weight excluding hydrogens is 452 g/mol. The molecule has 0 amide bonds. The number of anilines is 2. The third-order valence-corrected chi connectivity index (χ3v) is 6.05. The Morgan fingerprint density at radius 2 is 1.78 bits per heavy atom. The molecule has 0 bridgehead atoms. The Morgan fingerprint density at radius 3 is 2.50 bits per heavy atom. The van der Waals surface area contributed by atoms with Crippen LogP contribution in [0.2, 0.25) is 5.15 Å². The number of rotatable bonds is 6. The van der Waals surface area contributed by atoms with Crippen LogP contribution in [0.5, 0.6) is 0 Å². The molecule has 3 heterocycles. The number of nitrogens with one attached hydrogen (secondary N) is 1. The monoisotopic (exact) mass is 466 g/mol. The second kappa shape index (κ2) is 8.69. The number of nitrogens with two attached hydrogens (primary N) is 1. The molecule has 3 aromatic heterocycles. The highest BCUT2D eigenvalue weighted by atomic mass is 35.5. The van der Waals surface area contributed by atoms with E-state index < -0.39 is 15.8 Å². The summed E-state index contributed by atoms with van der Waals surface area (Å²) in [5.41, 5.74) is 6.80. The number of carbonyl (C=O) groups excluding carboxylic acids is 1. The van der Waals surface area contributed by atoms with Crippen LogP contribution in [0.1, 0.15) is 16.1 Å². The molecule has 3 N–H and O–H groups in total. The molecule has 4 aromatic rings. The molecule has 0 atom stereocenters. The van der Waals surface area contributed by atoms with Crippen LogP contribution in [0.4, 0.5) is 11.5 Å². The summed E-state index contributed by atoms with van der Waals surface area (Å²) in [7, 11) is -3.89. The minimum Gasteiger partial charge on any atom is -0.382 e. The van der Waals surface area contributed by atoms with Crippen molar-refractivity contribution >= 4 is 38.9 Å². The molecule has 0 aliphatic carbocycles. The molecule has 32 heavy (non-hydrogen) atoms. The van der Waals surface area contributed by atoms with Crippen LogP contribution in [0.25, 0.3) is 11.3 Å². The van der Waals surface area contributed by atoms with Crippen LogP contribution in [-0.2, 0) is 10.0 Å². The van der Waals surface area contributed by atoms with Crippen molar-refractivity contribution in [3.05, 3.63) is 89.7 Å². The Kier molecular flexibility index (Phi) is 5.80. The van der Waals surface area contributed by atoms with E-state index in [0.717, 1.165) is 0 Å². The van der Waals surface area contributed by atoms with Gasteiger partial charge in [0.25, 0.3) is 10.0 Å². The Morgan fingerprint density at radius 1 is 1.00 bits per heavy atom. The van der Waals surface area contributed by atoms with Crippen molar-refractivity contribution in [1.82, 2.24) is 19.9 Å². The minimum absolute atomic E-state index is 0.0467. The number of pyridine rings is 2. The minimum atomic E-state index is -3.89. The zero-order chi connectivity index (χ0) is 22.7. The lowest BCUT2D eigenvalue weighted by Gasteiger charge is -2.11. The zero-order valence-corrected chi connectivity index (χ0v) is 17.9. The van der Waals surface area contributed by atoms with Gasteiger partial charge in [0.05, 0.1) is 22.5 Å². The lowest BCUT2D eigenvalue weighted by molar-refractivity contribution is 0.103. The van der Waals surface area contributed by atoms with Gasteiger partial charge in [0, 0.05) is 29.7 Å². The van der Waals surface area contributed by atoms with E-state index in [0.29, 0.717) is 11.1 Å². The van der Waals surface area contributed by atoms with E-state index in [-0.39, 0.29) is 32.9 Å². The molecule has 0 saturated carbocycles. The number of halogens is 1. The highest BCUT2D eigenvalue weighted by Gasteiger charge is 2.19. The van der Waals surface area contributed by atoms with Gasteiger partial charge in [0.2, 0.25) is 5.78 Å².